The van der Waals surface area contributed by atoms with Gasteiger partial charge in [0.25, 0.3) is 0 Å². The molecule has 0 aromatic heterocycles. The van der Waals surface area contributed by atoms with Gasteiger partial charge in [0.05, 0.1) is 12.7 Å². The van der Waals surface area contributed by atoms with E-state index in [1.165, 1.54) is 6.07 Å². The first kappa shape index (κ1) is 15.4. The van der Waals surface area contributed by atoms with Crippen molar-refractivity contribution in [3.63, 3.8) is 0 Å². The Labute approximate surface area is 120 Å². The van der Waals surface area contributed by atoms with Crippen molar-refractivity contribution < 1.29 is 23.0 Å². The van der Waals surface area contributed by atoms with Gasteiger partial charge in [-0.3, -0.25) is 0 Å². The van der Waals surface area contributed by atoms with Crippen molar-refractivity contribution in [2.75, 3.05) is 0 Å². The van der Waals surface area contributed by atoms with Crippen LogP contribution < -0.4 is 4.74 Å². The van der Waals surface area contributed by atoms with Gasteiger partial charge in [-0.15, -0.1) is 0 Å². The fourth-order valence-corrected chi connectivity index (χ4v) is 2.02. The van der Waals surface area contributed by atoms with Crippen LogP contribution in [0.2, 0.25) is 0 Å². The smallest absolute Gasteiger partial charge is 0.161 e. The average Bonchev–Trinajstić information content (AvgIpc) is 2.42. The third-order valence-corrected chi connectivity index (χ3v) is 2.92. The van der Waals surface area contributed by atoms with Gasteiger partial charge >= 0.3 is 0 Å². The van der Waals surface area contributed by atoms with Gasteiger partial charge < -0.3 is 9.84 Å². The van der Waals surface area contributed by atoms with Crippen LogP contribution in [0.3, 0.4) is 0 Å². The molecule has 2 nitrogen and oxygen atoms in total. The Morgan fingerprint density at radius 3 is 2.24 bits per heavy atom. The Morgan fingerprint density at radius 2 is 1.62 bits per heavy atom. The van der Waals surface area contributed by atoms with Gasteiger partial charge in [0, 0.05) is 11.6 Å². The van der Waals surface area contributed by atoms with Crippen LogP contribution in [-0.4, -0.2) is 11.2 Å². The van der Waals surface area contributed by atoms with Crippen LogP contribution in [-0.2, 0) is 6.61 Å². The molecule has 2 aromatic carbocycles. The molecule has 2 rings (SSSR count). The highest BCUT2D eigenvalue weighted by atomic mass is 19.2. The molecule has 5 heteroatoms. The molecule has 0 bridgehead atoms. The summed E-state index contributed by atoms with van der Waals surface area (Å²) in [5.74, 6) is -2.84. The normalized spacial score (nSPS) is 11.0. The lowest BCUT2D eigenvalue weighted by Crippen LogP contribution is -2.06. The predicted octanol–water partition coefficient (Wildman–Crippen LogP) is 4.05. The molecule has 0 heterocycles. The number of aliphatic hydroxyl groups is 1. The average molecular weight is 296 g/mol. The van der Waals surface area contributed by atoms with E-state index in [9.17, 15) is 18.3 Å². The van der Waals surface area contributed by atoms with Crippen LogP contribution in [0.1, 0.15) is 19.4 Å². The van der Waals surface area contributed by atoms with Gasteiger partial charge in [-0.05, 0) is 43.2 Å². The second-order valence-corrected chi connectivity index (χ2v) is 4.89. The lowest BCUT2D eigenvalue weighted by atomic mass is 9.99. The highest BCUT2D eigenvalue weighted by molar-refractivity contribution is 5.69. The molecule has 21 heavy (non-hydrogen) atoms. The fourth-order valence-electron chi connectivity index (χ4n) is 2.02. The molecule has 0 radical (unpaired) electrons. The van der Waals surface area contributed by atoms with Crippen molar-refractivity contribution >= 4 is 0 Å². The number of aliphatic hydroxyl groups excluding tert-OH is 1. The predicted molar refractivity (Wildman–Crippen MR) is 73.4 cm³/mol. The van der Waals surface area contributed by atoms with Crippen LogP contribution in [0.15, 0.2) is 30.3 Å². The van der Waals surface area contributed by atoms with Crippen molar-refractivity contribution in [2.24, 2.45) is 0 Å². The number of hydrogen-bond acceptors (Lipinski definition) is 2. The number of hydrogen-bond donors (Lipinski definition) is 1. The summed E-state index contributed by atoms with van der Waals surface area (Å²) in [6, 6.07) is 5.96. The number of ether oxygens (including phenoxy) is 1. The molecular weight excluding hydrogens is 281 g/mol. The minimum Gasteiger partial charge on any atom is -0.491 e. The second-order valence-electron chi connectivity index (χ2n) is 4.89. The quantitative estimate of drug-likeness (QED) is 0.862. The van der Waals surface area contributed by atoms with E-state index in [4.69, 9.17) is 4.74 Å². The molecule has 112 valence electrons. The third kappa shape index (κ3) is 3.36. The Bertz CT molecular complexity index is 654. The Morgan fingerprint density at radius 1 is 0.952 bits per heavy atom. The minimum absolute atomic E-state index is 0.0902. The maximum atomic E-state index is 13.9. The zero-order chi connectivity index (χ0) is 15.6. The summed E-state index contributed by atoms with van der Waals surface area (Å²) < 4.78 is 45.8. The van der Waals surface area contributed by atoms with E-state index < -0.39 is 17.5 Å². The van der Waals surface area contributed by atoms with Gasteiger partial charge in [0.15, 0.2) is 11.6 Å². The van der Waals surface area contributed by atoms with E-state index in [-0.39, 0.29) is 23.8 Å². The molecule has 2 aromatic rings. The topological polar surface area (TPSA) is 29.5 Å². The second kappa shape index (κ2) is 6.18. The van der Waals surface area contributed by atoms with E-state index in [1.807, 2.05) is 13.8 Å². The van der Waals surface area contributed by atoms with Gasteiger partial charge in [-0.2, -0.15) is 0 Å². The van der Waals surface area contributed by atoms with Crippen LogP contribution in [0, 0.1) is 17.5 Å². The minimum atomic E-state index is -1.25. The standard InChI is InChI=1S/C16H15F3O2/c1-9(2)21-11-4-3-10(8-20)12(5-11)13-6-15(18)16(19)7-14(13)17/h3-7,9,20H,8H2,1-2H3. The van der Waals surface area contributed by atoms with Crippen LogP contribution in [0.25, 0.3) is 11.1 Å². The third-order valence-electron chi connectivity index (χ3n) is 2.92. The van der Waals surface area contributed by atoms with E-state index in [0.29, 0.717) is 17.4 Å². The van der Waals surface area contributed by atoms with E-state index in [1.54, 1.807) is 12.1 Å². The summed E-state index contributed by atoms with van der Waals surface area (Å²) in [5, 5.41) is 9.34. The largest absolute Gasteiger partial charge is 0.491 e. The monoisotopic (exact) mass is 296 g/mol. The lowest BCUT2D eigenvalue weighted by molar-refractivity contribution is 0.242. The Balaban J connectivity index is 2.58. The summed E-state index contributed by atoms with van der Waals surface area (Å²) in [6.45, 7) is 3.31. The van der Waals surface area contributed by atoms with Crippen molar-refractivity contribution in [3.05, 3.63) is 53.3 Å². The molecular formula is C16H15F3O2. The maximum absolute atomic E-state index is 13.9. The molecule has 0 saturated carbocycles. The lowest BCUT2D eigenvalue weighted by Gasteiger charge is -2.14. The van der Waals surface area contributed by atoms with Gasteiger partial charge in [-0.25, -0.2) is 13.2 Å². The molecule has 0 saturated heterocycles. The molecule has 0 fully saturated rings. The first-order chi connectivity index (χ1) is 9.92. The first-order valence-electron chi connectivity index (χ1n) is 6.47. The summed E-state index contributed by atoms with van der Waals surface area (Å²) in [4.78, 5) is 0. The first-order valence-corrected chi connectivity index (χ1v) is 6.47. The molecule has 0 atom stereocenters. The van der Waals surface area contributed by atoms with Crippen molar-refractivity contribution in [3.8, 4) is 16.9 Å². The van der Waals surface area contributed by atoms with Crippen LogP contribution >= 0.6 is 0 Å². The molecule has 0 aliphatic carbocycles. The SMILES string of the molecule is CC(C)Oc1ccc(CO)c(-c2cc(F)c(F)cc2F)c1. The fraction of sp³-hybridized carbons (Fsp3) is 0.250. The number of halogens is 3. The van der Waals surface area contributed by atoms with E-state index in [2.05, 4.69) is 0 Å². The molecule has 0 aliphatic rings. The van der Waals surface area contributed by atoms with Crippen LogP contribution in [0.4, 0.5) is 13.2 Å². The highest BCUT2D eigenvalue weighted by Gasteiger charge is 2.15. The molecule has 0 unspecified atom stereocenters. The maximum Gasteiger partial charge on any atom is 0.161 e. The molecule has 0 amide bonds. The van der Waals surface area contributed by atoms with Gasteiger partial charge in [-0.1, -0.05) is 6.07 Å². The van der Waals surface area contributed by atoms with Crippen molar-refractivity contribution in [1.82, 2.24) is 0 Å². The Hall–Kier alpha value is -2.01. The van der Waals surface area contributed by atoms with Gasteiger partial charge in [0.1, 0.15) is 11.6 Å². The summed E-state index contributed by atoms with van der Waals surface area (Å²) in [5.41, 5.74) is 0.551. The zero-order valence-corrected chi connectivity index (χ0v) is 11.7. The van der Waals surface area contributed by atoms with E-state index >= 15 is 0 Å². The summed E-state index contributed by atoms with van der Waals surface area (Å²) in [6.07, 6.45) is -0.0902. The summed E-state index contributed by atoms with van der Waals surface area (Å²) >= 11 is 0. The molecule has 0 spiro atoms. The zero-order valence-electron chi connectivity index (χ0n) is 11.7. The summed E-state index contributed by atoms with van der Waals surface area (Å²) in [7, 11) is 0. The van der Waals surface area contributed by atoms with Crippen molar-refractivity contribution in [2.45, 2.75) is 26.6 Å². The molecule has 0 aliphatic heterocycles. The van der Waals surface area contributed by atoms with Crippen LogP contribution in [0.5, 0.6) is 5.75 Å². The van der Waals surface area contributed by atoms with Gasteiger partial charge in [0.2, 0.25) is 0 Å². The Kier molecular flexibility index (Phi) is 4.53. The number of benzene rings is 2. The molecule has 1 N–H and O–H groups in total. The number of rotatable bonds is 4. The van der Waals surface area contributed by atoms with E-state index in [0.717, 1.165) is 6.07 Å². The van der Waals surface area contributed by atoms with Crippen molar-refractivity contribution in [1.29, 1.82) is 0 Å². The highest BCUT2D eigenvalue weighted by Crippen LogP contribution is 2.31.